The van der Waals surface area contributed by atoms with E-state index in [0.717, 1.165) is 18.8 Å². The van der Waals surface area contributed by atoms with Crippen LogP contribution in [0.3, 0.4) is 0 Å². The number of carbonyl (C=O) groups excluding carboxylic acids is 1. The van der Waals surface area contributed by atoms with Gasteiger partial charge in [0.1, 0.15) is 0 Å². The SMILES string of the molecule is CC(C)(C)CC(CO)NC(=O)CCC1CCCC1. The standard InChI is InChI=1S/C15H29NO2/c1-15(2,3)10-13(11-17)16-14(18)9-8-12-6-4-5-7-12/h12-13,17H,4-11H2,1-3H3,(H,16,18). The quantitative estimate of drug-likeness (QED) is 0.766. The van der Waals surface area contributed by atoms with Gasteiger partial charge in [-0.05, 0) is 24.2 Å². The van der Waals surface area contributed by atoms with Crippen molar-refractivity contribution >= 4 is 5.91 Å². The molecule has 1 amide bonds. The zero-order valence-electron chi connectivity index (χ0n) is 12.2. The van der Waals surface area contributed by atoms with E-state index in [9.17, 15) is 9.90 Å². The molecule has 0 radical (unpaired) electrons. The van der Waals surface area contributed by atoms with E-state index in [-0.39, 0.29) is 24.0 Å². The molecule has 1 unspecified atom stereocenters. The monoisotopic (exact) mass is 255 g/mol. The zero-order valence-corrected chi connectivity index (χ0v) is 12.2. The lowest BCUT2D eigenvalue weighted by atomic mass is 9.88. The molecule has 1 aliphatic carbocycles. The van der Waals surface area contributed by atoms with Crippen LogP contribution in [0.25, 0.3) is 0 Å². The lowest BCUT2D eigenvalue weighted by molar-refractivity contribution is -0.122. The third-order valence-corrected chi connectivity index (χ3v) is 3.70. The van der Waals surface area contributed by atoms with Crippen LogP contribution in [-0.2, 0) is 4.79 Å². The summed E-state index contributed by atoms with van der Waals surface area (Å²) in [5, 5.41) is 12.3. The fourth-order valence-electron chi connectivity index (χ4n) is 2.83. The van der Waals surface area contributed by atoms with Crippen LogP contribution in [0.1, 0.15) is 65.7 Å². The van der Waals surface area contributed by atoms with Gasteiger partial charge in [0, 0.05) is 6.42 Å². The van der Waals surface area contributed by atoms with Crippen molar-refractivity contribution in [3.05, 3.63) is 0 Å². The second-order valence-electron chi connectivity index (χ2n) is 6.90. The van der Waals surface area contributed by atoms with Gasteiger partial charge in [0.05, 0.1) is 12.6 Å². The predicted molar refractivity (Wildman–Crippen MR) is 74.3 cm³/mol. The molecule has 0 heterocycles. The summed E-state index contributed by atoms with van der Waals surface area (Å²) in [6, 6.07) is -0.0962. The van der Waals surface area contributed by atoms with Crippen LogP contribution in [0.4, 0.5) is 0 Å². The van der Waals surface area contributed by atoms with Crippen LogP contribution >= 0.6 is 0 Å². The van der Waals surface area contributed by atoms with E-state index in [1.807, 2.05) is 0 Å². The van der Waals surface area contributed by atoms with Gasteiger partial charge in [-0.25, -0.2) is 0 Å². The van der Waals surface area contributed by atoms with Gasteiger partial charge in [-0.2, -0.15) is 0 Å². The molecular formula is C15H29NO2. The molecule has 3 heteroatoms. The average molecular weight is 255 g/mol. The second-order valence-corrected chi connectivity index (χ2v) is 6.90. The van der Waals surface area contributed by atoms with Gasteiger partial charge in [0.25, 0.3) is 0 Å². The Balaban J connectivity index is 2.24. The molecule has 1 atom stereocenters. The first kappa shape index (κ1) is 15.5. The number of aliphatic hydroxyl groups excluding tert-OH is 1. The lowest BCUT2D eigenvalue weighted by Crippen LogP contribution is -2.40. The van der Waals surface area contributed by atoms with Crippen LogP contribution in [0.15, 0.2) is 0 Å². The van der Waals surface area contributed by atoms with Crippen molar-refractivity contribution in [2.24, 2.45) is 11.3 Å². The summed E-state index contributed by atoms with van der Waals surface area (Å²) < 4.78 is 0. The Hall–Kier alpha value is -0.570. The van der Waals surface area contributed by atoms with E-state index in [2.05, 4.69) is 26.1 Å². The van der Waals surface area contributed by atoms with Crippen LogP contribution in [-0.4, -0.2) is 23.7 Å². The first-order valence-electron chi connectivity index (χ1n) is 7.31. The first-order chi connectivity index (χ1) is 8.40. The molecule has 1 saturated carbocycles. The highest BCUT2D eigenvalue weighted by Crippen LogP contribution is 2.28. The number of hydrogen-bond acceptors (Lipinski definition) is 2. The van der Waals surface area contributed by atoms with Crippen molar-refractivity contribution in [1.82, 2.24) is 5.32 Å². The Kier molecular flexibility index (Phi) is 6.13. The van der Waals surface area contributed by atoms with Crippen LogP contribution in [0, 0.1) is 11.3 Å². The van der Waals surface area contributed by atoms with E-state index in [1.165, 1.54) is 25.7 Å². The van der Waals surface area contributed by atoms with Crippen molar-refractivity contribution in [3.8, 4) is 0 Å². The predicted octanol–water partition coefficient (Wildman–Crippen LogP) is 2.87. The van der Waals surface area contributed by atoms with Gasteiger partial charge < -0.3 is 10.4 Å². The minimum atomic E-state index is -0.0962. The minimum Gasteiger partial charge on any atom is -0.394 e. The van der Waals surface area contributed by atoms with Crippen molar-refractivity contribution < 1.29 is 9.90 Å². The Morgan fingerprint density at radius 2 is 1.94 bits per heavy atom. The molecule has 0 saturated heterocycles. The third kappa shape index (κ3) is 6.39. The molecule has 0 aromatic rings. The van der Waals surface area contributed by atoms with E-state index < -0.39 is 0 Å². The summed E-state index contributed by atoms with van der Waals surface area (Å²) in [6.07, 6.45) is 7.69. The Morgan fingerprint density at radius 3 is 2.44 bits per heavy atom. The largest absolute Gasteiger partial charge is 0.394 e. The average Bonchev–Trinajstić information content (AvgIpc) is 2.76. The third-order valence-electron chi connectivity index (χ3n) is 3.70. The van der Waals surface area contributed by atoms with Gasteiger partial charge in [-0.1, -0.05) is 46.5 Å². The highest BCUT2D eigenvalue weighted by Gasteiger charge is 2.21. The van der Waals surface area contributed by atoms with E-state index in [1.54, 1.807) is 0 Å². The molecule has 0 bridgehead atoms. The van der Waals surface area contributed by atoms with E-state index in [4.69, 9.17) is 0 Å². The summed E-state index contributed by atoms with van der Waals surface area (Å²) in [6.45, 7) is 6.41. The fourth-order valence-corrected chi connectivity index (χ4v) is 2.83. The topological polar surface area (TPSA) is 49.3 Å². The maximum Gasteiger partial charge on any atom is 0.220 e. The summed E-state index contributed by atoms with van der Waals surface area (Å²) in [5.41, 5.74) is 0.131. The smallest absolute Gasteiger partial charge is 0.220 e. The van der Waals surface area contributed by atoms with Gasteiger partial charge in [0.2, 0.25) is 5.91 Å². The van der Waals surface area contributed by atoms with E-state index in [0.29, 0.717) is 6.42 Å². The number of amides is 1. The summed E-state index contributed by atoms with van der Waals surface area (Å²) in [7, 11) is 0. The van der Waals surface area contributed by atoms with Crippen molar-refractivity contribution in [1.29, 1.82) is 0 Å². The number of aliphatic hydroxyl groups is 1. The minimum absolute atomic E-state index is 0.0342. The summed E-state index contributed by atoms with van der Waals surface area (Å²) in [5.74, 6) is 0.858. The highest BCUT2D eigenvalue weighted by molar-refractivity contribution is 5.76. The van der Waals surface area contributed by atoms with Crippen molar-refractivity contribution in [2.75, 3.05) is 6.61 Å². The molecule has 0 spiro atoms. The van der Waals surface area contributed by atoms with Gasteiger partial charge in [-0.15, -0.1) is 0 Å². The number of carbonyl (C=O) groups is 1. The summed E-state index contributed by atoms with van der Waals surface area (Å²) >= 11 is 0. The van der Waals surface area contributed by atoms with Gasteiger partial charge in [0.15, 0.2) is 0 Å². The molecule has 1 rings (SSSR count). The van der Waals surface area contributed by atoms with Gasteiger partial charge >= 0.3 is 0 Å². The molecule has 106 valence electrons. The highest BCUT2D eigenvalue weighted by atomic mass is 16.3. The maximum absolute atomic E-state index is 11.8. The molecule has 1 aliphatic rings. The molecule has 0 aromatic heterocycles. The lowest BCUT2D eigenvalue weighted by Gasteiger charge is -2.25. The van der Waals surface area contributed by atoms with Gasteiger partial charge in [-0.3, -0.25) is 4.79 Å². The first-order valence-corrected chi connectivity index (χ1v) is 7.31. The van der Waals surface area contributed by atoms with Crippen molar-refractivity contribution in [2.45, 2.75) is 71.8 Å². The molecule has 0 aliphatic heterocycles. The molecule has 18 heavy (non-hydrogen) atoms. The molecule has 2 N–H and O–H groups in total. The normalized spacial score (nSPS) is 18.9. The Labute approximate surface area is 111 Å². The number of hydrogen-bond donors (Lipinski definition) is 2. The van der Waals surface area contributed by atoms with Crippen LogP contribution < -0.4 is 5.32 Å². The van der Waals surface area contributed by atoms with Crippen LogP contribution in [0.2, 0.25) is 0 Å². The Morgan fingerprint density at radius 1 is 1.33 bits per heavy atom. The fraction of sp³-hybridized carbons (Fsp3) is 0.933. The Bertz CT molecular complexity index is 252. The molecule has 3 nitrogen and oxygen atoms in total. The number of nitrogens with one attached hydrogen (secondary N) is 1. The zero-order chi connectivity index (χ0) is 13.6. The summed E-state index contributed by atoms with van der Waals surface area (Å²) in [4.78, 5) is 11.8. The molecule has 1 fully saturated rings. The van der Waals surface area contributed by atoms with Crippen LogP contribution in [0.5, 0.6) is 0 Å². The molecular weight excluding hydrogens is 226 g/mol. The second kappa shape index (κ2) is 7.13. The molecule has 0 aromatic carbocycles. The maximum atomic E-state index is 11.8. The number of rotatable bonds is 6. The van der Waals surface area contributed by atoms with Crippen molar-refractivity contribution in [3.63, 3.8) is 0 Å². The van der Waals surface area contributed by atoms with E-state index >= 15 is 0 Å².